The van der Waals surface area contributed by atoms with E-state index in [9.17, 15) is 9.18 Å². The summed E-state index contributed by atoms with van der Waals surface area (Å²) >= 11 is 0. The number of nitrogens with zero attached hydrogens (tertiary/aromatic N) is 5. The molecular formula is C23H28FN5O. The lowest BCUT2D eigenvalue weighted by Gasteiger charge is -2.29. The highest BCUT2D eigenvalue weighted by atomic mass is 19.1. The Labute approximate surface area is 176 Å². The van der Waals surface area contributed by atoms with Crippen LogP contribution in [0.5, 0.6) is 0 Å². The molecule has 2 aromatic heterocycles. The van der Waals surface area contributed by atoms with Crippen molar-refractivity contribution in [1.29, 1.82) is 0 Å². The first-order chi connectivity index (χ1) is 14.5. The van der Waals surface area contributed by atoms with Crippen LogP contribution in [0.15, 0.2) is 30.6 Å². The molecular weight excluding hydrogens is 381 g/mol. The Hall–Kier alpha value is -2.83. The van der Waals surface area contributed by atoms with Crippen molar-refractivity contribution in [2.75, 3.05) is 6.54 Å². The van der Waals surface area contributed by atoms with Crippen molar-refractivity contribution in [3.63, 3.8) is 0 Å². The number of amides is 1. The molecule has 1 aromatic carbocycles. The van der Waals surface area contributed by atoms with Crippen molar-refractivity contribution in [2.24, 2.45) is 0 Å². The molecule has 30 heavy (non-hydrogen) atoms. The molecule has 2 heterocycles. The summed E-state index contributed by atoms with van der Waals surface area (Å²) in [6, 6.07) is 6.89. The number of fused-ring (bicyclic) bond motifs is 1. The minimum Gasteiger partial charge on any atom is -0.339 e. The van der Waals surface area contributed by atoms with E-state index in [1.54, 1.807) is 16.6 Å². The van der Waals surface area contributed by atoms with Crippen molar-refractivity contribution >= 4 is 11.7 Å². The molecule has 158 valence electrons. The monoisotopic (exact) mass is 409 g/mol. The van der Waals surface area contributed by atoms with Gasteiger partial charge in [0.1, 0.15) is 12.1 Å². The zero-order chi connectivity index (χ0) is 21.1. The average molecular weight is 410 g/mol. The predicted octanol–water partition coefficient (Wildman–Crippen LogP) is 3.83. The van der Waals surface area contributed by atoms with Gasteiger partial charge in [-0.25, -0.2) is 13.9 Å². The van der Waals surface area contributed by atoms with E-state index in [4.69, 9.17) is 0 Å². The lowest BCUT2D eigenvalue weighted by atomic mass is 10.0. The molecule has 0 atom stereocenters. The van der Waals surface area contributed by atoms with Crippen LogP contribution < -0.4 is 0 Å². The second-order valence-electron chi connectivity index (χ2n) is 8.13. The number of benzene rings is 1. The van der Waals surface area contributed by atoms with Gasteiger partial charge in [-0.3, -0.25) is 4.79 Å². The van der Waals surface area contributed by atoms with Gasteiger partial charge in [0.05, 0.1) is 0 Å². The maximum absolute atomic E-state index is 13.2. The van der Waals surface area contributed by atoms with E-state index in [-0.39, 0.29) is 11.7 Å². The van der Waals surface area contributed by atoms with Crippen molar-refractivity contribution in [1.82, 2.24) is 24.5 Å². The lowest BCUT2D eigenvalue weighted by Crippen LogP contribution is -2.40. The van der Waals surface area contributed by atoms with Crippen LogP contribution >= 0.6 is 0 Å². The second kappa shape index (κ2) is 8.90. The number of aromatic nitrogens is 4. The Balaban J connectivity index is 1.46. The number of hydrogen-bond donors (Lipinski definition) is 0. The molecule has 7 heteroatoms. The van der Waals surface area contributed by atoms with Gasteiger partial charge in [0.25, 0.3) is 5.78 Å². The Kier molecular flexibility index (Phi) is 6.06. The van der Waals surface area contributed by atoms with Gasteiger partial charge in [0.15, 0.2) is 0 Å². The summed E-state index contributed by atoms with van der Waals surface area (Å²) in [7, 11) is 0. The molecule has 1 aliphatic carbocycles. The third-order valence-corrected chi connectivity index (χ3v) is 6.22. The second-order valence-corrected chi connectivity index (χ2v) is 8.13. The van der Waals surface area contributed by atoms with Crippen molar-refractivity contribution in [2.45, 2.75) is 64.8 Å². The van der Waals surface area contributed by atoms with Gasteiger partial charge >= 0.3 is 0 Å². The SMILES string of the molecule is Cc1nc2ncnn2c(C)c1CCC(=O)N(CCc1ccc(F)cc1)C1CCCC1. The predicted molar refractivity (Wildman–Crippen MR) is 113 cm³/mol. The van der Waals surface area contributed by atoms with Crippen molar-refractivity contribution in [3.05, 3.63) is 58.9 Å². The van der Waals surface area contributed by atoms with Gasteiger partial charge < -0.3 is 4.90 Å². The zero-order valence-corrected chi connectivity index (χ0v) is 17.6. The fourth-order valence-electron chi connectivity index (χ4n) is 4.52. The number of hydrogen-bond acceptors (Lipinski definition) is 4. The van der Waals surface area contributed by atoms with E-state index in [1.165, 1.54) is 31.3 Å². The van der Waals surface area contributed by atoms with Crippen LogP contribution in [0.1, 0.15) is 54.6 Å². The minimum absolute atomic E-state index is 0.182. The largest absolute Gasteiger partial charge is 0.339 e. The molecule has 0 unspecified atom stereocenters. The molecule has 0 bridgehead atoms. The van der Waals surface area contributed by atoms with Crippen LogP contribution in [0.3, 0.4) is 0 Å². The number of carbonyl (C=O) groups is 1. The van der Waals surface area contributed by atoms with Gasteiger partial charge in [-0.1, -0.05) is 25.0 Å². The van der Waals surface area contributed by atoms with E-state index in [1.807, 2.05) is 13.8 Å². The van der Waals surface area contributed by atoms with Gasteiger partial charge in [0.2, 0.25) is 5.91 Å². The fourth-order valence-corrected chi connectivity index (χ4v) is 4.52. The van der Waals surface area contributed by atoms with E-state index in [0.29, 0.717) is 31.2 Å². The van der Waals surface area contributed by atoms with E-state index >= 15 is 0 Å². The van der Waals surface area contributed by atoms with Crippen molar-refractivity contribution in [3.8, 4) is 0 Å². The third kappa shape index (κ3) is 4.35. The Morgan fingerprint density at radius 2 is 1.90 bits per heavy atom. The summed E-state index contributed by atoms with van der Waals surface area (Å²) in [6.45, 7) is 4.64. The fraction of sp³-hybridized carbons (Fsp3) is 0.478. The molecule has 4 rings (SSSR count). The smallest absolute Gasteiger partial charge is 0.252 e. The molecule has 0 radical (unpaired) electrons. The van der Waals surface area contributed by atoms with E-state index in [0.717, 1.165) is 41.8 Å². The summed E-state index contributed by atoms with van der Waals surface area (Å²) < 4.78 is 14.9. The van der Waals surface area contributed by atoms with Gasteiger partial charge in [-0.05, 0) is 62.8 Å². The molecule has 1 fully saturated rings. The van der Waals surface area contributed by atoms with Crippen LogP contribution in [0, 0.1) is 19.7 Å². The highest BCUT2D eigenvalue weighted by Gasteiger charge is 2.26. The van der Waals surface area contributed by atoms with Gasteiger partial charge in [-0.15, -0.1) is 0 Å². The standard InChI is InChI=1S/C23H28FN5O/c1-16-21(17(2)29-23(27-16)25-15-26-29)11-12-22(30)28(20-5-3-4-6-20)14-13-18-7-9-19(24)10-8-18/h7-10,15,20H,3-6,11-14H2,1-2H3. The number of carbonyl (C=O) groups excluding carboxylic acids is 1. The normalized spacial score (nSPS) is 14.5. The quantitative estimate of drug-likeness (QED) is 0.595. The maximum atomic E-state index is 13.2. The Morgan fingerprint density at radius 1 is 1.17 bits per heavy atom. The van der Waals surface area contributed by atoms with Crippen LogP contribution in [-0.4, -0.2) is 43.0 Å². The topological polar surface area (TPSA) is 63.4 Å². The minimum atomic E-state index is -0.230. The molecule has 0 N–H and O–H groups in total. The molecule has 0 spiro atoms. The molecule has 1 amide bonds. The summed E-state index contributed by atoms with van der Waals surface area (Å²) in [6.07, 6.45) is 7.82. The van der Waals surface area contributed by atoms with Gasteiger partial charge in [0, 0.05) is 30.4 Å². The number of rotatable bonds is 7. The molecule has 1 aliphatic rings. The van der Waals surface area contributed by atoms with Gasteiger partial charge in [-0.2, -0.15) is 10.1 Å². The van der Waals surface area contributed by atoms with E-state index in [2.05, 4.69) is 20.0 Å². The molecule has 6 nitrogen and oxygen atoms in total. The van der Waals surface area contributed by atoms with Crippen LogP contribution in [-0.2, 0) is 17.6 Å². The first-order valence-electron chi connectivity index (χ1n) is 10.7. The molecule has 0 saturated heterocycles. The van der Waals surface area contributed by atoms with E-state index < -0.39 is 0 Å². The summed E-state index contributed by atoms with van der Waals surface area (Å²) in [5.41, 5.74) is 4.01. The molecule has 1 saturated carbocycles. The highest BCUT2D eigenvalue weighted by Crippen LogP contribution is 2.25. The highest BCUT2D eigenvalue weighted by molar-refractivity contribution is 5.77. The van der Waals surface area contributed by atoms with Crippen molar-refractivity contribution < 1.29 is 9.18 Å². The molecule has 0 aliphatic heterocycles. The Bertz CT molecular complexity index is 1020. The lowest BCUT2D eigenvalue weighted by molar-refractivity contribution is -0.133. The van der Waals surface area contributed by atoms with Crippen LogP contribution in [0.2, 0.25) is 0 Å². The first-order valence-corrected chi connectivity index (χ1v) is 10.7. The zero-order valence-electron chi connectivity index (χ0n) is 17.6. The average Bonchev–Trinajstić information content (AvgIpc) is 3.41. The summed E-state index contributed by atoms with van der Waals surface area (Å²) in [5, 5.41) is 4.24. The molecule has 3 aromatic rings. The number of aryl methyl sites for hydroxylation is 2. The summed E-state index contributed by atoms with van der Waals surface area (Å²) in [4.78, 5) is 24.0. The Morgan fingerprint density at radius 3 is 2.63 bits per heavy atom. The third-order valence-electron chi connectivity index (χ3n) is 6.22. The van der Waals surface area contributed by atoms with Crippen LogP contribution in [0.25, 0.3) is 5.78 Å². The van der Waals surface area contributed by atoms with Crippen LogP contribution in [0.4, 0.5) is 4.39 Å². The maximum Gasteiger partial charge on any atom is 0.252 e. The first kappa shape index (κ1) is 20.4. The number of halogens is 1. The summed E-state index contributed by atoms with van der Waals surface area (Å²) in [5.74, 6) is 0.541.